The van der Waals surface area contributed by atoms with E-state index in [2.05, 4.69) is 62.8 Å². The minimum absolute atomic E-state index is 0. The third-order valence-corrected chi connectivity index (χ3v) is 3.91. The molecule has 0 atom stereocenters. The molecule has 1 aliphatic heterocycles. The van der Waals surface area contributed by atoms with Crippen molar-refractivity contribution in [1.29, 1.82) is 0 Å². The van der Waals surface area contributed by atoms with E-state index in [1.54, 1.807) is 0 Å². The van der Waals surface area contributed by atoms with E-state index in [0.717, 1.165) is 22.8 Å². The molecule has 1 aromatic rings. The molecule has 0 aromatic heterocycles. The van der Waals surface area contributed by atoms with Crippen LogP contribution in [0.4, 0.5) is 5.69 Å². The van der Waals surface area contributed by atoms with E-state index in [-0.39, 0.29) is 21.1 Å². The van der Waals surface area contributed by atoms with Crippen molar-refractivity contribution in [3.8, 4) is 0 Å². The molecular weight excluding hydrogens is 416 g/mol. The smallest absolute Gasteiger partial charge is 0.352 e. The van der Waals surface area contributed by atoms with Crippen molar-refractivity contribution < 1.29 is 21.1 Å². The summed E-state index contributed by atoms with van der Waals surface area (Å²) in [6, 6.07) is 7.41. The molecule has 0 fully saturated rings. The molecule has 0 aliphatic carbocycles. The van der Waals surface area contributed by atoms with E-state index in [1.807, 2.05) is 13.1 Å². The van der Waals surface area contributed by atoms with Crippen LogP contribution < -0.4 is 4.90 Å². The number of hydrogen-bond donors (Lipinski definition) is 0. The van der Waals surface area contributed by atoms with Crippen molar-refractivity contribution in [2.75, 3.05) is 11.9 Å². The van der Waals surface area contributed by atoms with Crippen molar-refractivity contribution in [1.82, 2.24) is 4.90 Å². The zero-order chi connectivity index (χ0) is 14.3. The van der Waals surface area contributed by atoms with Gasteiger partial charge in [0.15, 0.2) is 0 Å². The first-order valence-electron chi connectivity index (χ1n) is 6.43. The standard InChI is InChI=1S/C17H21N2.W/c1-11-8-9-17(12(2)10-11)19-15(5)13(3)14(4)18(7)16(19)6;/h9-10H,5-6H2,1-4,7H3;/q-1;+2. The third kappa shape index (κ3) is 2.62. The minimum Gasteiger partial charge on any atom is -0.352 e. The van der Waals surface area contributed by atoms with Crippen LogP contribution in [-0.4, -0.2) is 11.9 Å². The Balaban J connectivity index is 0.00000200. The molecule has 1 aromatic carbocycles. The fraction of sp³-hybridized carbons (Fsp3) is 0.294. The topological polar surface area (TPSA) is 6.48 Å². The molecule has 1 heterocycles. The zero-order valence-corrected chi connectivity index (χ0v) is 15.8. The maximum atomic E-state index is 4.22. The van der Waals surface area contributed by atoms with Crippen LogP contribution in [0.25, 0.3) is 0 Å². The van der Waals surface area contributed by atoms with Crippen molar-refractivity contribution in [3.63, 3.8) is 0 Å². The van der Waals surface area contributed by atoms with Crippen LogP contribution in [0.2, 0.25) is 0 Å². The maximum absolute atomic E-state index is 4.22. The Morgan fingerprint density at radius 3 is 2.25 bits per heavy atom. The summed E-state index contributed by atoms with van der Waals surface area (Å²) in [6.07, 6.45) is 0. The first kappa shape index (κ1) is 16.8. The number of anilines is 1. The van der Waals surface area contributed by atoms with Gasteiger partial charge in [-0.1, -0.05) is 32.7 Å². The van der Waals surface area contributed by atoms with Crippen LogP contribution in [0.5, 0.6) is 0 Å². The van der Waals surface area contributed by atoms with Crippen molar-refractivity contribution in [3.05, 3.63) is 65.3 Å². The molecule has 0 amide bonds. The maximum Gasteiger partial charge on any atom is 2.00 e. The van der Waals surface area contributed by atoms with E-state index in [1.165, 1.54) is 16.8 Å². The average molecular weight is 437 g/mol. The molecule has 0 spiro atoms. The second kappa shape index (κ2) is 6.01. The number of rotatable bonds is 1. The SMILES string of the molecule is C=C1C(C)=C(C)N(C)C(=C)N1c1c[c-]c(C)cc1C.[W+2]. The zero-order valence-electron chi connectivity index (χ0n) is 12.9. The molecule has 2 rings (SSSR count). The fourth-order valence-electron chi connectivity index (χ4n) is 2.39. The Hall–Kier alpha value is -1.27. The van der Waals surface area contributed by atoms with E-state index < -0.39 is 0 Å². The van der Waals surface area contributed by atoms with E-state index in [0.29, 0.717) is 0 Å². The Morgan fingerprint density at radius 2 is 1.70 bits per heavy atom. The molecule has 0 radical (unpaired) electrons. The van der Waals surface area contributed by atoms with Gasteiger partial charge in [-0.05, 0) is 19.4 Å². The van der Waals surface area contributed by atoms with Gasteiger partial charge in [0.05, 0.1) is 5.82 Å². The van der Waals surface area contributed by atoms with Gasteiger partial charge >= 0.3 is 21.1 Å². The molecule has 0 bridgehead atoms. The molecular formula is C17H21N2W+. The number of nitrogens with zero attached hydrogens (tertiary/aromatic N) is 2. The molecule has 0 unspecified atom stereocenters. The van der Waals surface area contributed by atoms with Gasteiger partial charge in [-0.2, -0.15) is 23.8 Å². The Kier molecular flexibility index (Phi) is 5.04. The van der Waals surface area contributed by atoms with Crippen molar-refractivity contribution in [2.45, 2.75) is 27.7 Å². The Labute approximate surface area is 136 Å². The Bertz CT molecular complexity index is 599. The van der Waals surface area contributed by atoms with Gasteiger partial charge in [-0.25, -0.2) is 0 Å². The molecule has 3 heteroatoms. The molecule has 2 nitrogen and oxygen atoms in total. The third-order valence-electron chi connectivity index (χ3n) is 3.91. The van der Waals surface area contributed by atoms with Crippen LogP contribution in [0.15, 0.2) is 48.1 Å². The largest absolute Gasteiger partial charge is 2.00 e. The van der Waals surface area contributed by atoms with Crippen LogP contribution >= 0.6 is 0 Å². The minimum atomic E-state index is 0. The summed E-state index contributed by atoms with van der Waals surface area (Å²) in [7, 11) is 2.04. The van der Waals surface area contributed by atoms with E-state index >= 15 is 0 Å². The van der Waals surface area contributed by atoms with Crippen LogP contribution in [0.3, 0.4) is 0 Å². The van der Waals surface area contributed by atoms with E-state index in [4.69, 9.17) is 0 Å². The van der Waals surface area contributed by atoms with Crippen LogP contribution in [0, 0.1) is 19.9 Å². The van der Waals surface area contributed by atoms with Gasteiger partial charge in [-0.15, -0.1) is 5.56 Å². The molecule has 0 saturated heterocycles. The Morgan fingerprint density at radius 1 is 1.10 bits per heavy atom. The second-order valence-corrected chi connectivity index (χ2v) is 5.15. The van der Waals surface area contributed by atoms with Crippen LogP contribution in [-0.2, 0) is 21.1 Å². The van der Waals surface area contributed by atoms with Crippen molar-refractivity contribution in [2.24, 2.45) is 0 Å². The molecule has 104 valence electrons. The van der Waals surface area contributed by atoms with E-state index in [9.17, 15) is 0 Å². The molecule has 0 N–H and O–H groups in total. The van der Waals surface area contributed by atoms with Gasteiger partial charge in [0.2, 0.25) is 0 Å². The van der Waals surface area contributed by atoms with Gasteiger partial charge < -0.3 is 9.80 Å². The quantitative estimate of drug-likeness (QED) is 0.610. The van der Waals surface area contributed by atoms with Crippen LogP contribution in [0.1, 0.15) is 25.0 Å². The van der Waals surface area contributed by atoms with Gasteiger partial charge in [0.25, 0.3) is 0 Å². The summed E-state index contributed by atoms with van der Waals surface area (Å²) in [5.41, 5.74) is 6.82. The summed E-state index contributed by atoms with van der Waals surface area (Å²) in [5, 5.41) is 0. The fourth-order valence-corrected chi connectivity index (χ4v) is 2.39. The monoisotopic (exact) mass is 437 g/mol. The summed E-state index contributed by atoms with van der Waals surface area (Å²) in [6.45, 7) is 16.8. The predicted molar refractivity (Wildman–Crippen MR) is 81.6 cm³/mol. The van der Waals surface area contributed by atoms with Gasteiger partial charge in [-0.3, -0.25) is 0 Å². The second-order valence-electron chi connectivity index (χ2n) is 5.15. The predicted octanol–water partition coefficient (Wildman–Crippen LogP) is 4.13. The summed E-state index contributed by atoms with van der Waals surface area (Å²) in [4.78, 5) is 4.21. The van der Waals surface area contributed by atoms with Gasteiger partial charge in [0, 0.05) is 18.4 Å². The number of hydrogen-bond acceptors (Lipinski definition) is 2. The normalized spacial score (nSPS) is 15.7. The molecule has 0 saturated carbocycles. The number of benzene rings is 1. The first-order valence-corrected chi connectivity index (χ1v) is 6.43. The van der Waals surface area contributed by atoms with Gasteiger partial charge in [0.1, 0.15) is 0 Å². The average Bonchev–Trinajstić information content (AvgIpc) is 2.37. The summed E-state index contributed by atoms with van der Waals surface area (Å²) in [5.74, 6) is 0.924. The first-order chi connectivity index (χ1) is 8.84. The molecule has 20 heavy (non-hydrogen) atoms. The number of allylic oxidation sites excluding steroid dienone is 2. The summed E-state index contributed by atoms with van der Waals surface area (Å²) >= 11 is 0. The summed E-state index contributed by atoms with van der Waals surface area (Å²) < 4.78 is 0. The van der Waals surface area contributed by atoms with Crippen molar-refractivity contribution >= 4 is 5.69 Å². The number of aryl methyl sites for hydroxylation is 2. The molecule has 1 aliphatic rings.